The van der Waals surface area contributed by atoms with Crippen molar-refractivity contribution >= 4 is 38.8 Å². The molecule has 0 aliphatic carbocycles. The SMILES string of the molecule is COc1cccc(S(=O)(=O)Nc2ccc(NC(=O)Nc3ccc([N+](=O)[O-])cc3)cc2)c1. The quantitative estimate of drug-likeness (QED) is 0.373. The van der Waals surface area contributed by atoms with E-state index in [4.69, 9.17) is 4.74 Å². The standard InChI is InChI=1S/C20H18N4O6S/c1-30-18-3-2-4-19(13-18)31(28,29)23-16-7-5-14(6-8-16)21-20(25)22-15-9-11-17(12-10-15)24(26)27/h2-13,23H,1H3,(H2,21,22,25). The lowest BCUT2D eigenvalue weighted by Crippen LogP contribution is -2.19. The van der Waals surface area contributed by atoms with Gasteiger partial charge in [-0.15, -0.1) is 0 Å². The number of anilines is 3. The Morgan fingerprint density at radius 2 is 1.45 bits per heavy atom. The molecule has 31 heavy (non-hydrogen) atoms. The average Bonchev–Trinajstić information content (AvgIpc) is 2.75. The predicted molar refractivity (Wildman–Crippen MR) is 116 cm³/mol. The van der Waals surface area contributed by atoms with Gasteiger partial charge in [0.05, 0.1) is 16.9 Å². The summed E-state index contributed by atoms with van der Waals surface area (Å²) < 4.78 is 32.5. The van der Waals surface area contributed by atoms with Crippen LogP contribution in [0.15, 0.2) is 77.7 Å². The van der Waals surface area contributed by atoms with Gasteiger partial charge in [0.25, 0.3) is 15.7 Å². The number of non-ortho nitro benzene ring substituents is 1. The molecule has 10 nitrogen and oxygen atoms in total. The number of benzene rings is 3. The molecular formula is C20H18N4O6S. The van der Waals surface area contributed by atoms with Crippen LogP contribution < -0.4 is 20.1 Å². The van der Waals surface area contributed by atoms with Gasteiger partial charge in [0.15, 0.2) is 0 Å². The molecule has 0 heterocycles. The minimum absolute atomic E-state index is 0.0523. The summed E-state index contributed by atoms with van der Waals surface area (Å²) in [5.74, 6) is 0.418. The Bertz CT molecular complexity index is 1200. The van der Waals surface area contributed by atoms with Crippen molar-refractivity contribution in [3.63, 3.8) is 0 Å². The van der Waals surface area contributed by atoms with Gasteiger partial charge in [0.1, 0.15) is 5.75 Å². The Labute approximate surface area is 178 Å². The summed E-state index contributed by atoms with van der Waals surface area (Å²) in [4.78, 5) is 22.3. The highest BCUT2D eigenvalue weighted by molar-refractivity contribution is 7.92. The monoisotopic (exact) mass is 442 g/mol. The maximum Gasteiger partial charge on any atom is 0.323 e. The fourth-order valence-corrected chi connectivity index (χ4v) is 3.66. The molecular weight excluding hydrogens is 424 g/mol. The molecule has 3 rings (SSSR count). The molecule has 0 spiro atoms. The zero-order chi connectivity index (χ0) is 22.4. The van der Waals surface area contributed by atoms with E-state index >= 15 is 0 Å². The van der Waals surface area contributed by atoms with Gasteiger partial charge < -0.3 is 15.4 Å². The van der Waals surface area contributed by atoms with Crippen LogP contribution in [0, 0.1) is 10.1 Å². The Morgan fingerprint density at radius 3 is 2.00 bits per heavy atom. The number of methoxy groups -OCH3 is 1. The third kappa shape index (κ3) is 5.70. The summed E-state index contributed by atoms with van der Waals surface area (Å²) in [7, 11) is -2.36. The molecule has 160 valence electrons. The second kappa shape index (κ2) is 9.13. The highest BCUT2D eigenvalue weighted by Crippen LogP contribution is 2.22. The lowest BCUT2D eigenvalue weighted by atomic mass is 10.3. The number of amides is 2. The van der Waals surface area contributed by atoms with Crippen LogP contribution in [-0.4, -0.2) is 26.5 Å². The summed E-state index contributed by atoms with van der Waals surface area (Å²) in [6, 6.07) is 16.9. The number of rotatable bonds is 7. The lowest BCUT2D eigenvalue weighted by Gasteiger charge is -2.11. The van der Waals surface area contributed by atoms with Gasteiger partial charge in [-0.2, -0.15) is 0 Å². The van der Waals surface area contributed by atoms with Crippen LogP contribution in [0.2, 0.25) is 0 Å². The number of sulfonamides is 1. The summed E-state index contributed by atoms with van der Waals surface area (Å²) in [6.45, 7) is 0. The molecule has 2 amide bonds. The highest BCUT2D eigenvalue weighted by Gasteiger charge is 2.15. The molecule has 0 fully saturated rings. The van der Waals surface area contributed by atoms with Crippen LogP contribution in [0.1, 0.15) is 0 Å². The van der Waals surface area contributed by atoms with Crippen molar-refractivity contribution in [1.82, 2.24) is 0 Å². The van der Waals surface area contributed by atoms with E-state index in [0.717, 1.165) is 0 Å². The summed E-state index contributed by atoms with van der Waals surface area (Å²) in [5, 5.41) is 15.8. The Kier molecular flexibility index (Phi) is 6.36. The van der Waals surface area contributed by atoms with E-state index in [1.54, 1.807) is 12.1 Å². The first-order valence-corrected chi connectivity index (χ1v) is 10.3. The Balaban J connectivity index is 1.61. The van der Waals surface area contributed by atoms with Crippen molar-refractivity contribution in [2.45, 2.75) is 4.90 Å². The fraction of sp³-hybridized carbons (Fsp3) is 0.0500. The number of hydrogen-bond acceptors (Lipinski definition) is 6. The van der Waals surface area contributed by atoms with Gasteiger partial charge in [-0.1, -0.05) is 6.07 Å². The van der Waals surface area contributed by atoms with Crippen molar-refractivity contribution in [2.24, 2.45) is 0 Å². The van der Waals surface area contributed by atoms with Crippen LogP contribution in [0.25, 0.3) is 0 Å². The first-order chi connectivity index (χ1) is 14.8. The molecule has 0 radical (unpaired) electrons. The zero-order valence-electron chi connectivity index (χ0n) is 16.2. The number of nitro groups is 1. The molecule has 3 N–H and O–H groups in total. The van der Waals surface area contributed by atoms with Crippen LogP contribution in [0.5, 0.6) is 5.75 Å². The largest absolute Gasteiger partial charge is 0.497 e. The van der Waals surface area contributed by atoms with E-state index in [1.807, 2.05) is 0 Å². The zero-order valence-corrected chi connectivity index (χ0v) is 17.0. The molecule has 0 aromatic heterocycles. The predicted octanol–water partition coefficient (Wildman–Crippen LogP) is 4.05. The molecule has 0 aliphatic rings. The third-order valence-corrected chi connectivity index (χ3v) is 5.46. The number of carbonyl (C=O) groups is 1. The van der Waals surface area contributed by atoms with Crippen molar-refractivity contribution in [3.8, 4) is 5.75 Å². The van der Waals surface area contributed by atoms with Crippen LogP contribution in [0.3, 0.4) is 0 Å². The van der Waals surface area contributed by atoms with Gasteiger partial charge in [0.2, 0.25) is 0 Å². The topological polar surface area (TPSA) is 140 Å². The summed E-state index contributed by atoms with van der Waals surface area (Å²) >= 11 is 0. The number of ether oxygens (including phenoxy) is 1. The van der Waals surface area contributed by atoms with E-state index in [-0.39, 0.29) is 10.6 Å². The van der Waals surface area contributed by atoms with Crippen molar-refractivity contribution in [1.29, 1.82) is 0 Å². The number of nitro benzene ring substituents is 1. The molecule has 0 bridgehead atoms. The number of nitrogens with one attached hydrogen (secondary N) is 3. The minimum atomic E-state index is -3.81. The smallest absolute Gasteiger partial charge is 0.323 e. The molecule has 0 saturated heterocycles. The molecule has 3 aromatic rings. The Hall–Kier alpha value is -4.12. The maximum absolute atomic E-state index is 12.5. The van der Waals surface area contributed by atoms with Gasteiger partial charge in [0, 0.05) is 35.3 Å². The second-order valence-corrected chi connectivity index (χ2v) is 7.93. The third-order valence-electron chi connectivity index (χ3n) is 4.08. The highest BCUT2D eigenvalue weighted by atomic mass is 32.2. The fourth-order valence-electron chi connectivity index (χ4n) is 2.56. The van der Waals surface area contributed by atoms with E-state index < -0.39 is 21.0 Å². The number of nitrogens with zero attached hydrogens (tertiary/aromatic N) is 1. The van der Waals surface area contributed by atoms with E-state index in [0.29, 0.717) is 22.8 Å². The molecule has 0 unspecified atom stereocenters. The van der Waals surface area contributed by atoms with Gasteiger partial charge >= 0.3 is 6.03 Å². The number of hydrogen-bond donors (Lipinski definition) is 3. The van der Waals surface area contributed by atoms with E-state index in [1.165, 1.54) is 67.8 Å². The first-order valence-electron chi connectivity index (χ1n) is 8.86. The summed E-state index contributed by atoms with van der Waals surface area (Å²) in [5.41, 5.74) is 1.02. The molecule has 0 atom stereocenters. The van der Waals surface area contributed by atoms with Crippen molar-refractivity contribution in [3.05, 3.63) is 82.9 Å². The first kappa shape index (κ1) is 21.6. The Morgan fingerprint density at radius 1 is 0.903 bits per heavy atom. The van der Waals surface area contributed by atoms with E-state index in [9.17, 15) is 23.3 Å². The van der Waals surface area contributed by atoms with Gasteiger partial charge in [-0.05, 0) is 48.5 Å². The minimum Gasteiger partial charge on any atom is -0.497 e. The van der Waals surface area contributed by atoms with Crippen molar-refractivity contribution in [2.75, 3.05) is 22.5 Å². The lowest BCUT2D eigenvalue weighted by molar-refractivity contribution is -0.384. The van der Waals surface area contributed by atoms with Crippen LogP contribution in [-0.2, 0) is 10.0 Å². The molecule has 0 saturated carbocycles. The average molecular weight is 442 g/mol. The molecule has 11 heteroatoms. The van der Waals surface area contributed by atoms with Gasteiger partial charge in [-0.3, -0.25) is 14.8 Å². The number of urea groups is 1. The van der Waals surface area contributed by atoms with Crippen molar-refractivity contribution < 1.29 is 22.9 Å². The van der Waals surface area contributed by atoms with E-state index in [2.05, 4.69) is 15.4 Å². The number of carbonyl (C=O) groups excluding carboxylic acids is 1. The molecule has 3 aromatic carbocycles. The van der Waals surface area contributed by atoms with Gasteiger partial charge in [-0.25, -0.2) is 13.2 Å². The second-order valence-electron chi connectivity index (χ2n) is 6.24. The molecule has 0 aliphatic heterocycles. The van der Waals surface area contributed by atoms with Crippen LogP contribution in [0.4, 0.5) is 27.5 Å². The maximum atomic E-state index is 12.5. The normalized spacial score (nSPS) is 10.7. The van der Waals surface area contributed by atoms with Crippen LogP contribution >= 0.6 is 0 Å². The summed E-state index contributed by atoms with van der Waals surface area (Å²) in [6.07, 6.45) is 0.